The monoisotopic (exact) mass is 303 g/mol. The molecule has 2 aromatic heterocycles. The van der Waals surface area contributed by atoms with Crippen molar-refractivity contribution in [1.29, 1.82) is 0 Å². The molecule has 0 atom stereocenters. The Kier molecular flexibility index (Phi) is 3.74. The molecule has 0 saturated carbocycles. The molecule has 0 aliphatic rings. The average molecular weight is 303 g/mol. The molecule has 0 unspecified atom stereocenters. The van der Waals surface area contributed by atoms with Crippen molar-refractivity contribution in [3.63, 3.8) is 0 Å². The van der Waals surface area contributed by atoms with E-state index in [1.54, 1.807) is 0 Å². The van der Waals surface area contributed by atoms with Crippen LogP contribution >= 0.6 is 0 Å². The molecular formula is C19H17N3O. The molecule has 0 bridgehead atoms. The molecule has 2 heterocycles. The Morgan fingerprint density at radius 2 is 1.70 bits per heavy atom. The fourth-order valence-electron chi connectivity index (χ4n) is 2.80. The van der Waals surface area contributed by atoms with Gasteiger partial charge in [-0.3, -0.25) is 4.98 Å². The van der Waals surface area contributed by atoms with Crippen molar-refractivity contribution >= 4 is 21.9 Å². The molecule has 0 radical (unpaired) electrons. The summed E-state index contributed by atoms with van der Waals surface area (Å²) >= 11 is 0. The molecule has 0 aliphatic carbocycles. The number of para-hydroxylation sites is 1. The van der Waals surface area contributed by atoms with Gasteiger partial charge >= 0.3 is 0 Å². The molecule has 2 aromatic carbocycles. The minimum atomic E-state index is 0.635. The van der Waals surface area contributed by atoms with Crippen LogP contribution < -0.4 is 0 Å². The molecule has 0 spiro atoms. The third-order valence-corrected chi connectivity index (χ3v) is 3.94. The number of benzene rings is 2. The first kappa shape index (κ1) is 13.9. The van der Waals surface area contributed by atoms with Crippen LogP contribution in [0.15, 0.2) is 67.1 Å². The summed E-state index contributed by atoms with van der Waals surface area (Å²) in [5, 5.41) is 1.13. The normalized spacial score (nSPS) is 11.3. The SMILES string of the molecule is c1ccc(COCCn2cnc3cnc4ccccc4c32)cc1. The minimum absolute atomic E-state index is 0.635. The van der Waals surface area contributed by atoms with Gasteiger partial charge in [0.25, 0.3) is 0 Å². The van der Waals surface area contributed by atoms with Gasteiger partial charge in [-0.15, -0.1) is 0 Å². The standard InChI is InChI=1S/C19H17N3O/c1-2-6-15(7-3-1)13-23-11-10-22-14-21-18-12-20-17-9-5-4-8-16(17)19(18)22/h1-9,12,14H,10-11,13H2. The molecule has 4 nitrogen and oxygen atoms in total. The van der Waals surface area contributed by atoms with Crippen LogP contribution in [-0.4, -0.2) is 21.1 Å². The smallest absolute Gasteiger partial charge is 0.107 e. The van der Waals surface area contributed by atoms with Crippen molar-refractivity contribution in [2.75, 3.05) is 6.61 Å². The lowest BCUT2D eigenvalue weighted by atomic mass is 10.2. The number of pyridine rings is 1. The average Bonchev–Trinajstić information content (AvgIpc) is 3.03. The number of hydrogen-bond donors (Lipinski definition) is 0. The van der Waals surface area contributed by atoms with Gasteiger partial charge < -0.3 is 9.30 Å². The van der Waals surface area contributed by atoms with Gasteiger partial charge in [-0.2, -0.15) is 0 Å². The molecule has 23 heavy (non-hydrogen) atoms. The molecule has 114 valence electrons. The van der Waals surface area contributed by atoms with Crippen molar-refractivity contribution in [2.45, 2.75) is 13.2 Å². The number of nitrogens with zero attached hydrogens (tertiary/aromatic N) is 3. The third kappa shape index (κ3) is 2.81. The summed E-state index contributed by atoms with van der Waals surface area (Å²) in [5.74, 6) is 0. The first-order valence-electron chi connectivity index (χ1n) is 7.72. The zero-order valence-corrected chi connectivity index (χ0v) is 12.7. The summed E-state index contributed by atoms with van der Waals surface area (Å²) < 4.78 is 7.93. The van der Waals surface area contributed by atoms with Crippen molar-refractivity contribution in [3.05, 3.63) is 72.7 Å². The van der Waals surface area contributed by atoms with E-state index in [9.17, 15) is 0 Å². The highest BCUT2D eigenvalue weighted by Crippen LogP contribution is 2.22. The van der Waals surface area contributed by atoms with Crippen LogP contribution in [0.3, 0.4) is 0 Å². The third-order valence-electron chi connectivity index (χ3n) is 3.94. The Morgan fingerprint density at radius 1 is 0.870 bits per heavy atom. The maximum atomic E-state index is 5.79. The van der Waals surface area contributed by atoms with Crippen molar-refractivity contribution < 1.29 is 4.74 Å². The van der Waals surface area contributed by atoms with Gasteiger partial charge in [0.15, 0.2) is 0 Å². The molecule has 0 fully saturated rings. The van der Waals surface area contributed by atoms with Gasteiger partial charge in [0.05, 0.1) is 36.8 Å². The van der Waals surface area contributed by atoms with Gasteiger partial charge in [-0.25, -0.2) is 4.98 Å². The van der Waals surface area contributed by atoms with E-state index in [1.807, 2.05) is 48.9 Å². The number of ether oxygens (including phenoxy) is 1. The first-order chi connectivity index (χ1) is 11.4. The van der Waals surface area contributed by atoms with E-state index in [-0.39, 0.29) is 0 Å². The summed E-state index contributed by atoms with van der Waals surface area (Å²) in [6.07, 6.45) is 3.70. The van der Waals surface area contributed by atoms with Crippen LogP contribution in [0, 0.1) is 0 Å². The van der Waals surface area contributed by atoms with E-state index in [4.69, 9.17) is 4.74 Å². The Labute approximate surface area is 134 Å². The van der Waals surface area contributed by atoms with E-state index >= 15 is 0 Å². The molecule has 4 heteroatoms. The zero-order valence-electron chi connectivity index (χ0n) is 12.7. The van der Waals surface area contributed by atoms with Crippen molar-refractivity contribution in [2.24, 2.45) is 0 Å². The van der Waals surface area contributed by atoms with E-state index in [0.29, 0.717) is 13.2 Å². The quantitative estimate of drug-likeness (QED) is 0.526. The zero-order chi connectivity index (χ0) is 15.5. The second kappa shape index (κ2) is 6.18. The van der Waals surface area contributed by atoms with Crippen LogP contribution in [0.1, 0.15) is 5.56 Å². The van der Waals surface area contributed by atoms with Crippen LogP contribution in [-0.2, 0) is 17.9 Å². The molecule has 0 amide bonds. The van der Waals surface area contributed by atoms with Crippen molar-refractivity contribution in [1.82, 2.24) is 14.5 Å². The fourth-order valence-corrected chi connectivity index (χ4v) is 2.80. The lowest BCUT2D eigenvalue weighted by Crippen LogP contribution is -2.05. The Hall–Kier alpha value is -2.72. The van der Waals surface area contributed by atoms with E-state index in [2.05, 4.69) is 32.7 Å². The molecule has 4 aromatic rings. The van der Waals surface area contributed by atoms with E-state index in [1.165, 1.54) is 5.56 Å². The second-order valence-electron chi connectivity index (χ2n) is 5.49. The summed E-state index contributed by atoms with van der Waals surface area (Å²) in [5.41, 5.74) is 4.23. The maximum absolute atomic E-state index is 5.79. The van der Waals surface area contributed by atoms with Gasteiger partial charge in [0.1, 0.15) is 5.52 Å². The molecule has 0 N–H and O–H groups in total. The van der Waals surface area contributed by atoms with E-state index in [0.717, 1.165) is 28.5 Å². The number of fused-ring (bicyclic) bond motifs is 3. The molecular weight excluding hydrogens is 286 g/mol. The van der Waals surface area contributed by atoms with Gasteiger partial charge in [-0.1, -0.05) is 48.5 Å². The molecule has 4 rings (SSSR count). The van der Waals surface area contributed by atoms with Crippen LogP contribution in [0.2, 0.25) is 0 Å². The highest BCUT2D eigenvalue weighted by Gasteiger charge is 2.07. The number of rotatable bonds is 5. The van der Waals surface area contributed by atoms with Crippen LogP contribution in [0.5, 0.6) is 0 Å². The van der Waals surface area contributed by atoms with Gasteiger partial charge in [0.2, 0.25) is 0 Å². The largest absolute Gasteiger partial charge is 0.375 e. The van der Waals surface area contributed by atoms with Crippen LogP contribution in [0.25, 0.3) is 21.9 Å². The number of aromatic nitrogens is 3. The second-order valence-corrected chi connectivity index (χ2v) is 5.49. The van der Waals surface area contributed by atoms with Crippen molar-refractivity contribution in [3.8, 4) is 0 Å². The lowest BCUT2D eigenvalue weighted by molar-refractivity contribution is 0.114. The molecule has 0 saturated heterocycles. The molecule has 0 aliphatic heterocycles. The predicted octanol–water partition coefficient (Wildman–Crippen LogP) is 3.80. The number of imidazole rings is 1. The summed E-state index contributed by atoms with van der Waals surface area (Å²) in [7, 11) is 0. The van der Waals surface area contributed by atoms with Crippen LogP contribution in [0.4, 0.5) is 0 Å². The predicted molar refractivity (Wildman–Crippen MR) is 91.1 cm³/mol. The fraction of sp³-hybridized carbons (Fsp3) is 0.158. The van der Waals surface area contributed by atoms with Gasteiger partial charge in [-0.05, 0) is 11.6 Å². The first-order valence-corrected chi connectivity index (χ1v) is 7.72. The Balaban J connectivity index is 1.52. The highest BCUT2D eigenvalue weighted by molar-refractivity contribution is 6.01. The Bertz CT molecular complexity index is 931. The minimum Gasteiger partial charge on any atom is -0.375 e. The summed E-state index contributed by atoms with van der Waals surface area (Å²) in [4.78, 5) is 8.90. The summed E-state index contributed by atoms with van der Waals surface area (Å²) in [6, 6.07) is 18.4. The highest BCUT2D eigenvalue weighted by atomic mass is 16.5. The van der Waals surface area contributed by atoms with E-state index < -0.39 is 0 Å². The maximum Gasteiger partial charge on any atom is 0.107 e. The lowest BCUT2D eigenvalue weighted by Gasteiger charge is -2.08. The summed E-state index contributed by atoms with van der Waals surface area (Å²) in [6.45, 7) is 2.06. The number of hydrogen-bond acceptors (Lipinski definition) is 3. The van der Waals surface area contributed by atoms with Gasteiger partial charge in [0, 0.05) is 11.9 Å². The Morgan fingerprint density at radius 3 is 2.61 bits per heavy atom. The topological polar surface area (TPSA) is 39.9 Å².